The fourth-order valence-corrected chi connectivity index (χ4v) is 1.97. The van der Waals surface area contributed by atoms with Crippen molar-refractivity contribution >= 4 is 0 Å². The van der Waals surface area contributed by atoms with Crippen LogP contribution in [0.15, 0.2) is 30.6 Å². The fraction of sp³-hybridized carbons (Fsp3) is 0.400. The number of benzene rings is 1. The Morgan fingerprint density at radius 2 is 2.11 bits per heavy atom. The van der Waals surface area contributed by atoms with Crippen molar-refractivity contribution in [2.24, 2.45) is 7.05 Å². The van der Waals surface area contributed by atoms with Gasteiger partial charge in [0, 0.05) is 37.6 Å². The third kappa shape index (κ3) is 2.79. The first-order valence-corrected chi connectivity index (χ1v) is 6.38. The lowest BCUT2D eigenvalue weighted by Gasteiger charge is -2.11. The molecular formula is C15H21N3. The molecule has 3 heteroatoms. The van der Waals surface area contributed by atoms with E-state index < -0.39 is 0 Å². The number of hydrogen-bond donors (Lipinski definition) is 1. The summed E-state index contributed by atoms with van der Waals surface area (Å²) in [6.07, 6.45) is 3.82. The lowest BCUT2D eigenvalue weighted by molar-refractivity contribution is 0.589. The molecule has 0 unspecified atom stereocenters. The first-order valence-electron chi connectivity index (χ1n) is 6.38. The molecule has 2 rings (SSSR count). The monoisotopic (exact) mass is 243 g/mol. The van der Waals surface area contributed by atoms with E-state index >= 15 is 0 Å². The highest BCUT2D eigenvalue weighted by molar-refractivity contribution is 5.61. The van der Waals surface area contributed by atoms with Gasteiger partial charge >= 0.3 is 0 Å². The smallest absolute Gasteiger partial charge is 0.139 e. The molecule has 0 aliphatic carbocycles. The van der Waals surface area contributed by atoms with Crippen molar-refractivity contribution in [2.45, 2.75) is 33.4 Å². The van der Waals surface area contributed by atoms with E-state index in [-0.39, 0.29) is 0 Å². The van der Waals surface area contributed by atoms with Gasteiger partial charge in [0.15, 0.2) is 0 Å². The van der Waals surface area contributed by atoms with Gasteiger partial charge in [-0.3, -0.25) is 0 Å². The maximum absolute atomic E-state index is 4.43. The number of rotatable bonds is 4. The second kappa shape index (κ2) is 5.36. The van der Waals surface area contributed by atoms with Crippen LogP contribution < -0.4 is 5.32 Å². The number of imidazole rings is 1. The summed E-state index contributed by atoms with van der Waals surface area (Å²) in [4.78, 5) is 4.43. The molecule has 18 heavy (non-hydrogen) atoms. The van der Waals surface area contributed by atoms with Crippen LogP contribution in [0.25, 0.3) is 11.4 Å². The van der Waals surface area contributed by atoms with E-state index in [1.165, 1.54) is 16.7 Å². The van der Waals surface area contributed by atoms with E-state index in [0.717, 1.165) is 12.4 Å². The van der Waals surface area contributed by atoms with Crippen LogP contribution >= 0.6 is 0 Å². The van der Waals surface area contributed by atoms with E-state index in [2.05, 4.69) is 53.8 Å². The number of hydrogen-bond acceptors (Lipinski definition) is 2. The zero-order valence-electron chi connectivity index (χ0n) is 11.6. The Morgan fingerprint density at radius 3 is 2.72 bits per heavy atom. The topological polar surface area (TPSA) is 29.9 Å². The molecule has 0 atom stereocenters. The summed E-state index contributed by atoms with van der Waals surface area (Å²) in [6, 6.07) is 7.08. The number of nitrogens with one attached hydrogen (secondary N) is 1. The van der Waals surface area contributed by atoms with Gasteiger partial charge in [0.25, 0.3) is 0 Å². The third-order valence-electron chi connectivity index (χ3n) is 3.08. The molecule has 1 heterocycles. The second-order valence-corrected chi connectivity index (χ2v) is 5.05. The minimum absolute atomic E-state index is 0.503. The number of aryl methyl sites for hydroxylation is 2. The van der Waals surface area contributed by atoms with E-state index in [4.69, 9.17) is 0 Å². The Balaban J connectivity index is 2.30. The quantitative estimate of drug-likeness (QED) is 0.895. The summed E-state index contributed by atoms with van der Waals surface area (Å²) in [5.41, 5.74) is 3.77. The summed E-state index contributed by atoms with van der Waals surface area (Å²) >= 11 is 0. The molecule has 0 radical (unpaired) electrons. The number of nitrogens with zero attached hydrogens (tertiary/aromatic N) is 2. The lowest BCUT2D eigenvalue weighted by atomic mass is 10.0. The lowest BCUT2D eigenvalue weighted by Crippen LogP contribution is -2.21. The zero-order chi connectivity index (χ0) is 13.1. The summed E-state index contributed by atoms with van der Waals surface area (Å²) in [6.45, 7) is 7.35. The average Bonchev–Trinajstić information content (AvgIpc) is 2.74. The van der Waals surface area contributed by atoms with E-state index in [0.29, 0.717) is 6.04 Å². The van der Waals surface area contributed by atoms with Crippen molar-refractivity contribution in [3.8, 4) is 11.4 Å². The largest absolute Gasteiger partial charge is 0.334 e. The van der Waals surface area contributed by atoms with Crippen molar-refractivity contribution in [3.05, 3.63) is 41.7 Å². The zero-order valence-corrected chi connectivity index (χ0v) is 11.6. The molecule has 1 aromatic carbocycles. The third-order valence-corrected chi connectivity index (χ3v) is 3.08. The highest BCUT2D eigenvalue weighted by Gasteiger charge is 2.07. The molecule has 3 nitrogen and oxygen atoms in total. The predicted molar refractivity (Wildman–Crippen MR) is 75.4 cm³/mol. The van der Waals surface area contributed by atoms with Crippen molar-refractivity contribution in [1.82, 2.24) is 14.9 Å². The molecule has 1 N–H and O–H groups in total. The van der Waals surface area contributed by atoms with E-state index in [1.807, 2.05) is 19.4 Å². The Kier molecular flexibility index (Phi) is 3.82. The van der Waals surface area contributed by atoms with E-state index in [1.54, 1.807) is 0 Å². The normalized spacial score (nSPS) is 11.2. The minimum atomic E-state index is 0.503. The maximum Gasteiger partial charge on any atom is 0.139 e. The van der Waals surface area contributed by atoms with Crippen LogP contribution in [0.1, 0.15) is 25.0 Å². The minimum Gasteiger partial charge on any atom is -0.334 e. The standard InChI is InChI=1S/C15H21N3/c1-11(2)17-10-13-6-5-12(3)14(9-13)15-16-7-8-18(15)4/h5-9,11,17H,10H2,1-4H3. The van der Waals surface area contributed by atoms with Crippen LogP contribution in [0, 0.1) is 6.92 Å². The maximum atomic E-state index is 4.43. The summed E-state index contributed by atoms with van der Waals surface area (Å²) in [5.74, 6) is 1.03. The molecule has 1 aromatic heterocycles. The van der Waals surface area contributed by atoms with E-state index in [9.17, 15) is 0 Å². The van der Waals surface area contributed by atoms with Crippen LogP contribution in [0.3, 0.4) is 0 Å². The van der Waals surface area contributed by atoms with Crippen LogP contribution in [0.4, 0.5) is 0 Å². The van der Waals surface area contributed by atoms with Crippen molar-refractivity contribution in [2.75, 3.05) is 0 Å². The highest BCUT2D eigenvalue weighted by atomic mass is 15.0. The van der Waals surface area contributed by atoms with Gasteiger partial charge in [-0.05, 0) is 24.1 Å². The van der Waals surface area contributed by atoms with Gasteiger partial charge in [0.05, 0.1) is 0 Å². The van der Waals surface area contributed by atoms with Crippen LogP contribution in [-0.2, 0) is 13.6 Å². The van der Waals surface area contributed by atoms with Gasteiger partial charge in [0.2, 0.25) is 0 Å². The van der Waals surface area contributed by atoms with Crippen LogP contribution in [-0.4, -0.2) is 15.6 Å². The van der Waals surface area contributed by atoms with Gasteiger partial charge in [-0.2, -0.15) is 0 Å². The molecular weight excluding hydrogens is 222 g/mol. The SMILES string of the molecule is Cc1ccc(CNC(C)C)cc1-c1nccn1C. The second-order valence-electron chi connectivity index (χ2n) is 5.05. The summed E-state index contributed by atoms with van der Waals surface area (Å²) in [5, 5.41) is 3.44. The molecule has 0 saturated carbocycles. The Morgan fingerprint density at radius 1 is 1.33 bits per heavy atom. The molecule has 0 aliphatic rings. The summed E-state index contributed by atoms with van der Waals surface area (Å²) < 4.78 is 2.06. The Bertz CT molecular complexity index is 526. The van der Waals surface area contributed by atoms with Crippen LogP contribution in [0.5, 0.6) is 0 Å². The van der Waals surface area contributed by atoms with Gasteiger partial charge in [-0.25, -0.2) is 4.98 Å². The highest BCUT2D eigenvalue weighted by Crippen LogP contribution is 2.22. The molecule has 0 bridgehead atoms. The molecule has 96 valence electrons. The first-order chi connectivity index (χ1) is 8.58. The molecule has 0 fully saturated rings. The van der Waals surface area contributed by atoms with Gasteiger partial charge in [-0.1, -0.05) is 26.0 Å². The van der Waals surface area contributed by atoms with Gasteiger partial charge in [-0.15, -0.1) is 0 Å². The van der Waals surface area contributed by atoms with Gasteiger partial charge < -0.3 is 9.88 Å². The van der Waals surface area contributed by atoms with Crippen LogP contribution in [0.2, 0.25) is 0 Å². The molecule has 0 saturated heterocycles. The molecule has 0 amide bonds. The predicted octanol–water partition coefficient (Wildman–Crippen LogP) is 2.89. The summed E-state index contributed by atoms with van der Waals surface area (Å²) in [7, 11) is 2.03. The van der Waals surface area contributed by atoms with Crippen molar-refractivity contribution in [1.29, 1.82) is 0 Å². The molecule has 2 aromatic rings. The Hall–Kier alpha value is -1.61. The Labute approximate surface area is 109 Å². The van der Waals surface area contributed by atoms with Crippen molar-refractivity contribution in [3.63, 3.8) is 0 Å². The van der Waals surface area contributed by atoms with Crippen molar-refractivity contribution < 1.29 is 0 Å². The van der Waals surface area contributed by atoms with Gasteiger partial charge in [0.1, 0.15) is 5.82 Å². The molecule has 0 spiro atoms. The molecule has 0 aliphatic heterocycles. The first kappa shape index (κ1) is 12.8. The average molecular weight is 243 g/mol. The fourth-order valence-electron chi connectivity index (χ4n) is 1.97. The number of aromatic nitrogens is 2.